The predicted octanol–water partition coefficient (Wildman–Crippen LogP) is 0.497. The molecule has 64 valence electrons. The van der Waals surface area contributed by atoms with E-state index in [1.165, 1.54) is 5.48 Å². The number of carbonyl (C=O) groups is 2. The van der Waals surface area contributed by atoms with Crippen LogP contribution in [-0.4, -0.2) is 16.9 Å². The quantitative estimate of drug-likeness (QED) is 0.350. The van der Waals surface area contributed by atoms with E-state index in [2.05, 4.69) is 0 Å². The average Bonchev–Trinajstić information content (AvgIpc) is 1.85. The maximum absolute atomic E-state index is 11.1. The van der Waals surface area contributed by atoms with E-state index >= 15 is 0 Å². The number of carbonyl (C=O) groups excluding carboxylic acids is 2. The van der Waals surface area contributed by atoms with Gasteiger partial charge in [-0.1, -0.05) is 20.8 Å². The van der Waals surface area contributed by atoms with Gasteiger partial charge in [-0.05, 0) is 0 Å². The monoisotopic (exact) mass is 159 g/mol. The van der Waals surface area contributed by atoms with Crippen LogP contribution in [0.15, 0.2) is 0 Å². The number of nitrogens with one attached hydrogen (secondary N) is 1. The zero-order chi connectivity index (χ0) is 9.07. The Morgan fingerprint density at radius 2 is 1.82 bits per heavy atom. The fourth-order valence-corrected chi connectivity index (χ4v) is 0.451. The van der Waals surface area contributed by atoms with Gasteiger partial charge in [0.05, 0.1) is 6.42 Å². The van der Waals surface area contributed by atoms with Gasteiger partial charge in [0, 0.05) is 5.41 Å². The first-order valence-corrected chi connectivity index (χ1v) is 3.34. The highest BCUT2D eigenvalue weighted by Gasteiger charge is 2.23. The third kappa shape index (κ3) is 3.72. The number of hydrogen-bond acceptors (Lipinski definition) is 3. The van der Waals surface area contributed by atoms with Crippen LogP contribution in [0.1, 0.15) is 27.2 Å². The van der Waals surface area contributed by atoms with Crippen molar-refractivity contribution in [1.29, 1.82) is 0 Å². The van der Waals surface area contributed by atoms with Crippen LogP contribution in [0.4, 0.5) is 0 Å². The lowest BCUT2D eigenvalue weighted by atomic mass is 9.89. The van der Waals surface area contributed by atoms with Gasteiger partial charge < -0.3 is 0 Å². The molecule has 0 heterocycles. The second-order valence-corrected chi connectivity index (χ2v) is 3.38. The van der Waals surface area contributed by atoms with Crippen LogP contribution in [-0.2, 0) is 9.59 Å². The highest BCUT2D eigenvalue weighted by atomic mass is 16.5. The molecule has 0 aromatic heterocycles. The molecule has 0 saturated heterocycles. The van der Waals surface area contributed by atoms with Gasteiger partial charge in [0.1, 0.15) is 5.78 Å². The molecule has 0 rings (SSSR count). The van der Waals surface area contributed by atoms with E-state index in [4.69, 9.17) is 5.21 Å². The summed E-state index contributed by atoms with van der Waals surface area (Å²) in [7, 11) is 0. The van der Waals surface area contributed by atoms with Crippen molar-refractivity contribution < 1.29 is 14.8 Å². The third-order valence-corrected chi connectivity index (χ3v) is 1.28. The van der Waals surface area contributed by atoms with Crippen molar-refractivity contribution in [2.45, 2.75) is 27.2 Å². The van der Waals surface area contributed by atoms with Crippen LogP contribution < -0.4 is 5.48 Å². The number of ketones is 1. The lowest BCUT2D eigenvalue weighted by molar-refractivity contribution is -0.136. The number of Topliss-reactive ketones (excluding diaryl/α,β-unsaturated/α-hetero) is 1. The van der Waals surface area contributed by atoms with Crippen LogP contribution >= 0.6 is 0 Å². The highest BCUT2D eigenvalue weighted by Crippen LogP contribution is 2.16. The van der Waals surface area contributed by atoms with Crippen LogP contribution in [0.3, 0.4) is 0 Å². The molecule has 0 spiro atoms. The second kappa shape index (κ2) is 3.48. The number of hydroxylamine groups is 1. The lowest BCUT2D eigenvalue weighted by Gasteiger charge is -2.14. The Morgan fingerprint density at radius 1 is 1.36 bits per heavy atom. The largest absolute Gasteiger partial charge is 0.299 e. The van der Waals surface area contributed by atoms with Gasteiger partial charge in [0.2, 0.25) is 0 Å². The van der Waals surface area contributed by atoms with Gasteiger partial charge in [-0.3, -0.25) is 14.8 Å². The first-order valence-electron chi connectivity index (χ1n) is 3.34. The highest BCUT2D eigenvalue weighted by molar-refractivity contribution is 5.99. The zero-order valence-electron chi connectivity index (χ0n) is 6.97. The molecule has 0 unspecified atom stereocenters. The molecule has 0 aliphatic carbocycles. The maximum Gasteiger partial charge on any atom is 0.250 e. The van der Waals surface area contributed by atoms with E-state index < -0.39 is 11.3 Å². The summed E-state index contributed by atoms with van der Waals surface area (Å²) in [5, 5.41) is 8.10. The molecule has 0 aromatic rings. The van der Waals surface area contributed by atoms with Crippen molar-refractivity contribution in [1.82, 2.24) is 5.48 Å². The Kier molecular flexibility index (Phi) is 3.19. The molecule has 0 saturated carbocycles. The fraction of sp³-hybridized carbons (Fsp3) is 0.714. The summed E-state index contributed by atoms with van der Waals surface area (Å²) in [4.78, 5) is 21.5. The van der Waals surface area contributed by atoms with Gasteiger partial charge in [-0.25, -0.2) is 5.48 Å². The normalized spacial score (nSPS) is 10.9. The molecule has 0 atom stereocenters. The summed E-state index contributed by atoms with van der Waals surface area (Å²) >= 11 is 0. The Bertz CT molecular complexity index is 169. The molecule has 2 N–H and O–H groups in total. The first-order chi connectivity index (χ1) is 4.88. The van der Waals surface area contributed by atoms with E-state index in [1.807, 2.05) is 0 Å². The molecular weight excluding hydrogens is 146 g/mol. The van der Waals surface area contributed by atoms with Crippen LogP contribution in [0.5, 0.6) is 0 Å². The maximum atomic E-state index is 11.1. The lowest BCUT2D eigenvalue weighted by Crippen LogP contribution is -2.28. The number of hydrogen-bond donors (Lipinski definition) is 2. The molecule has 4 nitrogen and oxygen atoms in total. The Morgan fingerprint density at radius 3 is 2.09 bits per heavy atom. The van der Waals surface area contributed by atoms with Gasteiger partial charge >= 0.3 is 0 Å². The molecule has 0 aliphatic rings. The van der Waals surface area contributed by atoms with Crippen LogP contribution in [0.2, 0.25) is 0 Å². The number of rotatable bonds is 2. The SMILES string of the molecule is CC(C)(C)C(=O)CC(=O)NO. The van der Waals surface area contributed by atoms with Crippen molar-refractivity contribution in [2.75, 3.05) is 0 Å². The summed E-state index contributed by atoms with van der Waals surface area (Å²) in [5.74, 6) is -0.853. The molecule has 0 aromatic carbocycles. The van der Waals surface area contributed by atoms with Crippen molar-refractivity contribution in [3.05, 3.63) is 0 Å². The zero-order valence-corrected chi connectivity index (χ0v) is 6.97. The molecule has 0 fully saturated rings. The van der Waals surface area contributed by atoms with Gasteiger partial charge in [0.25, 0.3) is 5.91 Å². The minimum absolute atomic E-state index is 0.191. The summed E-state index contributed by atoms with van der Waals surface area (Å²) in [6.07, 6.45) is -0.264. The second-order valence-electron chi connectivity index (χ2n) is 3.38. The van der Waals surface area contributed by atoms with Gasteiger partial charge in [-0.2, -0.15) is 0 Å². The molecule has 0 aliphatic heterocycles. The summed E-state index contributed by atoms with van der Waals surface area (Å²) < 4.78 is 0. The summed E-state index contributed by atoms with van der Waals surface area (Å²) in [6, 6.07) is 0. The molecule has 0 radical (unpaired) electrons. The van der Waals surface area contributed by atoms with Gasteiger partial charge in [0.15, 0.2) is 0 Å². The first kappa shape index (κ1) is 10.1. The summed E-state index contributed by atoms with van der Waals surface area (Å²) in [6.45, 7) is 5.17. The minimum Gasteiger partial charge on any atom is -0.299 e. The molecule has 11 heavy (non-hydrogen) atoms. The van der Waals surface area contributed by atoms with E-state index in [0.717, 1.165) is 0 Å². The summed E-state index contributed by atoms with van der Waals surface area (Å²) in [5.41, 5.74) is 0.887. The average molecular weight is 159 g/mol. The van der Waals surface area contributed by atoms with Crippen molar-refractivity contribution >= 4 is 11.7 Å². The van der Waals surface area contributed by atoms with Crippen molar-refractivity contribution in [3.63, 3.8) is 0 Å². The molecule has 1 amide bonds. The Balaban J connectivity index is 3.99. The smallest absolute Gasteiger partial charge is 0.250 e. The van der Waals surface area contributed by atoms with Crippen molar-refractivity contribution in [2.24, 2.45) is 5.41 Å². The van der Waals surface area contributed by atoms with E-state index in [-0.39, 0.29) is 12.2 Å². The van der Waals surface area contributed by atoms with E-state index in [0.29, 0.717) is 0 Å². The number of amides is 1. The Hall–Kier alpha value is -0.900. The van der Waals surface area contributed by atoms with Crippen molar-refractivity contribution in [3.8, 4) is 0 Å². The molecule has 0 bridgehead atoms. The molecular formula is C7H13NO3. The predicted molar refractivity (Wildman–Crippen MR) is 39.0 cm³/mol. The van der Waals surface area contributed by atoms with Crippen LogP contribution in [0, 0.1) is 5.41 Å². The van der Waals surface area contributed by atoms with E-state index in [9.17, 15) is 9.59 Å². The van der Waals surface area contributed by atoms with E-state index in [1.54, 1.807) is 20.8 Å². The standard InChI is InChI=1S/C7H13NO3/c1-7(2,3)5(9)4-6(10)8-11/h11H,4H2,1-3H3,(H,8,10). The van der Waals surface area contributed by atoms with Crippen LogP contribution in [0.25, 0.3) is 0 Å². The fourth-order valence-electron chi connectivity index (χ4n) is 0.451. The Labute approximate surface area is 65.6 Å². The topological polar surface area (TPSA) is 66.4 Å². The third-order valence-electron chi connectivity index (χ3n) is 1.28. The molecule has 4 heteroatoms. The minimum atomic E-state index is -0.662. The van der Waals surface area contributed by atoms with Gasteiger partial charge in [-0.15, -0.1) is 0 Å².